The molecule has 0 unspecified atom stereocenters. The van der Waals surface area contributed by atoms with Crippen molar-refractivity contribution in [3.63, 3.8) is 0 Å². The van der Waals surface area contributed by atoms with Gasteiger partial charge in [-0.25, -0.2) is 4.98 Å². The van der Waals surface area contributed by atoms with E-state index in [0.29, 0.717) is 0 Å². The van der Waals surface area contributed by atoms with Crippen LogP contribution in [0.1, 0.15) is 31.3 Å². The quantitative estimate of drug-likeness (QED) is 0.897. The topological polar surface area (TPSA) is 36.4 Å². The molecular formula is C12H20N2OS2. The number of hydrogen-bond acceptors (Lipinski definition) is 5. The lowest BCUT2D eigenvalue weighted by Crippen LogP contribution is -2.32. The van der Waals surface area contributed by atoms with Crippen molar-refractivity contribution in [3.05, 3.63) is 10.6 Å². The predicted octanol–water partition coefficient (Wildman–Crippen LogP) is 2.49. The Balaban J connectivity index is 2.27. The first-order valence-corrected chi connectivity index (χ1v) is 7.93. The molecule has 0 amide bonds. The lowest BCUT2D eigenvalue weighted by Gasteiger charge is -2.25. The number of aliphatic hydroxyl groups excluding tert-OH is 1. The van der Waals surface area contributed by atoms with Crippen molar-refractivity contribution in [1.29, 1.82) is 0 Å². The van der Waals surface area contributed by atoms with Crippen LogP contribution < -0.4 is 4.90 Å². The highest BCUT2D eigenvalue weighted by Gasteiger charge is 2.25. The maximum absolute atomic E-state index is 9.44. The summed E-state index contributed by atoms with van der Waals surface area (Å²) in [7, 11) is 0. The van der Waals surface area contributed by atoms with Crippen molar-refractivity contribution in [2.24, 2.45) is 0 Å². The summed E-state index contributed by atoms with van der Waals surface area (Å²) in [6.07, 6.45) is 0. The van der Waals surface area contributed by atoms with E-state index < -0.39 is 0 Å². The number of aromatic nitrogens is 1. The summed E-state index contributed by atoms with van der Waals surface area (Å²) in [6, 6.07) is 0. The maximum atomic E-state index is 9.44. The average molecular weight is 272 g/mol. The SMILES string of the molecule is CC(C)(C)c1nc(N2CCSCC2)sc1CO. The molecule has 0 aromatic carbocycles. The van der Waals surface area contributed by atoms with Gasteiger partial charge in [-0.1, -0.05) is 32.1 Å². The van der Waals surface area contributed by atoms with Crippen molar-refractivity contribution in [2.75, 3.05) is 29.5 Å². The Morgan fingerprint density at radius 3 is 2.41 bits per heavy atom. The number of rotatable bonds is 2. The van der Waals surface area contributed by atoms with E-state index in [1.54, 1.807) is 11.3 Å². The number of anilines is 1. The highest BCUT2D eigenvalue weighted by molar-refractivity contribution is 7.99. The number of aliphatic hydroxyl groups is 1. The average Bonchev–Trinajstić information content (AvgIpc) is 2.74. The number of thiazole rings is 1. The zero-order valence-electron chi connectivity index (χ0n) is 10.7. The van der Waals surface area contributed by atoms with Gasteiger partial charge in [0.15, 0.2) is 5.13 Å². The largest absolute Gasteiger partial charge is 0.391 e. The summed E-state index contributed by atoms with van der Waals surface area (Å²) in [4.78, 5) is 8.11. The fraction of sp³-hybridized carbons (Fsp3) is 0.750. The van der Waals surface area contributed by atoms with Crippen LogP contribution in [0.2, 0.25) is 0 Å². The first-order chi connectivity index (χ1) is 8.02. The van der Waals surface area contributed by atoms with E-state index in [4.69, 9.17) is 4.98 Å². The van der Waals surface area contributed by atoms with Gasteiger partial charge < -0.3 is 10.0 Å². The van der Waals surface area contributed by atoms with Crippen LogP contribution >= 0.6 is 23.1 Å². The lowest BCUT2D eigenvalue weighted by molar-refractivity contribution is 0.282. The molecule has 0 spiro atoms. The van der Waals surface area contributed by atoms with Crippen LogP contribution in [0.5, 0.6) is 0 Å². The third kappa shape index (κ3) is 2.95. The number of hydrogen-bond donors (Lipinski definition) is 1. The number of thioether (sulfide) groups is 1. The van der Waals surface area contributed by atoms with E-state index in [2.05, 4.69) is 25.7 Å². The van der Waals surface area contributed by atoms with E-state index in [0.717, 1.165) is 28.8 Å². The van der Waals surface area contributed by atoms with E-state index >= 15 is 0 Å². The van der Waals surface area contributed by atoms with Crippen LogP contribution in [0.25, 0.3) is 0 Å². The van der Waals surface area contributed by atoms with Gasteiger partial charge in [-0.3, -0.25) is 0 Å². The van der Waals surface area contributed by atoms with Gasteiger partial charge in [-0.05, 0) is 0 Å². The molecule has 1 aromatic rings. The molecule has 96 valence electrons. The molecule has 1 aliphatic heterocycles. The van der Waals surface area contributed by atoms with Crippen molar-refractivity contribution in [3.8, 4) is 0 Å². The summed E-state index contributed by atoms with van der Waals surface area (Å²) >= 11 is 3.65. The summed E-state index contributed by atoms with van der Waals surface area (Å²) in [5.41, 5.74) is 1.07. The fourth-order valence-corrected chi connectivity index (χ4v) is 4.01. The Morgan fingerprint density at radius 1 is 1.29 bits per heavy atom. The number of nitrogens with zero attached hydrogens (tertiary/aromatic N) is 2. The first-order valence-electron chi connectivity index (χ1n) is 5.96. The molecular weight excluding hydrogens is 252 g/mol. The molecule has 1 aromatic heterocycles. The van der Waals surface area contributed by atoms with Gasteiger partial charge in [0.1, 0.15) is 0 Å². The molecule has 1 saturated heterocycles. The van der Waals surface area contributed by atoms with E-state index in [1.807, 2.05) is 11.8 Å². The third-order valence-corrected chi connectivity index (χ3v) is 4.87. The molecule has 1 aliphatic rings. The molecule has 5 heteroatoms. The van der Waals surface area contributed by atoms with E-state index in [9.17, 15) is 5.11 Å². The molecule has 0 atom stereocenters. The van der Waals surface area contributed by atoms with E-state index in [-0.39, 0.29) is 12.0 Å². The zero-order chi connectivity index (χ0) is 12.5. The van der Waals surface area contributed by atoms with Gasteiger partial charge in [0.05, 0.1) is 17.2 Å². The molecule has 3 nitrogen and oxygen atoms in total. The monoisotopic (exact) mass is 272 g/mol. The smallest absolute Gasteiger partial charge is 0.185 e. The molecule has 1 N–H and O–H groups in total. The zero-order valence-corrected chi connectivity index (χ0v) is 12.3. The van der Waals surface area contributed by atoms with Crippen LogP contribution in [0.15, 0.2) is 0 Å². The van der Waals surface area contributed by atoms with Gasteiger partial charge in [-0.15, -0.1) is 0 Å². The molecule has 0 bridgehead atoms. The molecule has 2 heterocycles. The molecule has 0 aliphatic carbocycles. The fourth-order valence-electron chi connectivity index (χ4n) is 1.92. The van der Waals surface area contributed by atoms with Crippen molar-refractivity contribution in [2.45, 2.75) is 32.8 Å². The van der Waals surface area contributed by atoms with Gasteiger partial charge in [-0.2, -0.15) is 11.8 Å². The minimum Gasteiger partial charge on any atom is -0.391 e. The summed E-state index contributed by atoms with van der Waals surface area (Å²) < 4.78 is 0. The Kier molecular flexibility index (Phi) is 4.00. The van der Waals surface area contributed by atoms with Crippen LogP contribution in [-0.4, -0.2) is 34.7 Å². The van der Waals surface area contributed by atoms with Gasteiger partial charge in [0.2, 0.25) is 0 Å². The Labute approximate surface area is 111 Å². The predicted molar refractivity (Wildman–Crippen MR) is 76.3 cm³/mol. The first kappa shape index (κ1) is 13.2. The minimum atomic E-state index is 0.0113. The van der Waals surface area contributed by atoms with Crippen LogP contribution in [0, 0.1) is 0 Å². The third-order valence-electron chi connectivity index (χ3n) is 2.82. The Hall–Kier alpha value is -0.260. The van der Waals surface area contributed by atoms with Crippen LogP contribution in [-0.2, 0) is 12.0 Å². The van der Waals surface area contributed by atoms with Gasteiger partial charge >= 0.3 is 0 Å². The normalized spacial score (nSPS) is 17.5. The molecule has 0 saturated carbocycles. The van der Waals surface area contributed by atoms with Crippen molar-refractivity contribution >= 4 is 28.2 Å². The molecule has 0 radical (unpaired) electrons. The summed E-state index contributed by atoms with van der Waals surface area (Å²) in [5, 5.41) is 10.5. The second-order valence-corrected chi connectivity index (χ2v) is 7.56. The summed E-state index contributed by atoms with van der Waals surface area (Å²) in [5.74, 6) is 2.36. The van der Waals surface area contributed by atoms with Crippen LogP contribution in [0.4, 0.5) is 5.13 Å². The standard InChI is InChI=1S/C12H20N2OS2/c1-12(2,3)10-9(8-15)17-11(13-10)14-4-6-16-7-5-14/h15H,4-8H2,1-3H3. The minimum absolute atomic E-state index is 0.0113. The maximum Gasteiger partial charge on any atom is 0.185 e. The molecule has 1 fully saturated rings. The Bertz CT molecular complexity index is 378. The van der Waals surface area contributed by atoms with Gasteiger partial charge in [0.25, 0.3) is 0 Å². The summed E-state index contributed by atoms with van der Waals surface area (Å²) in [6.45, 7) is 8.71. The van der Waals surface area contributed by atoms with Crippen molar-refractivity contribution in [1.82, 2.24) is 4.98 Å². The second kappa shape index (κ2) is 5.16. The lowest BCUT2D eigenvalue weighted by atomic mass is 9.91. The van der Waals surface area contributed by atoms with Gasteiger partial charge in [0, 0.05) is 30.0 Å². The van der Waals surface area contributed by atoms with E-state index in [1.165, 1.54) is 11.5 Å². The molecule has 2 rings (SSSR count). The van der Waals surface area contributed by atoms with Crippen molar-refractivity contribution < 1.29 is 5.11 Å². The van der Waals surface area contributed by atoms with Crippen LogP contribution in [0.3, 0.4) is 0 Å². The highest BCUT2D eigenvalue weighted by Crippen LogP contribution is 2.34. The molecule has 17 heavy (non-hydrogen) atoms. The Morgan fingerprint density at radius 2 is 1.94 bits per heavy atom. The second-order valence-electron chi connectivity index (χ2n) is 5.28. The highest BCUT2D eigenvalue weighted by atomic mass is 32.2.